The summed E-state index contributed by atoms with van der Waals surface area (Å²) in [6.45, 7) is -3.75. The zero-order valence-corrected chi connectivity index (χ0v) is 25.5. The number of guanidine groups is 1. The molecule has 3 aliphatic rings. The standard InChI is InChI=1S/C30H32BrF6N3O5/c31-23-8-6-20(7-9-23)14-22(12-13-43-24-10-11-24)27(41)40(19-42-16-21-4-2-1-3-5-21)28-38-25(44-17-29(32,33)34)15-26(39-28)45-18-30(35,36)37/h1-6,8-9,12,15,20,24-25H,7,10-11,13-14,16-19H2,(H,38,39)/b22-12-. The van der Waals surface area contributed by atoms with E-state index in [1.807, 2.05) is 24.3 Å². The summed E-state index contributed by atoms with van der Waals surface area (Å²) in [5, 5.41) is 2.50. The lowest BCUT2D eigenvalue weighted by molar-refractivity contribution is -0.181. The van der Waals surface area contributed by atoms with Crippen molar-refractivity contribution < 1.29 is 50.1 Å². The number of halogens is 7. The molecule has 2 aliphatic carbocycles. The number of amides is 1. The van der Waals surface area contributed by atoms with E-state index in [4.69, 9.17) is 18.9 Å². The topological polar surface area (TPSA) is 81.6 Å². The Balaban J connectivity index is 1.61. The van der Waals surface area contributed by atoms with Gasteiger partial charge in [-0.05, 0) is 37.2 Å². The van der Waals surface area contributed by atoms with E-state index in [2.05, 4.69) is 26.2 Å². The van der Waals surface area contributed by atoms with Gasteiger partial charge < -0.3 is 18.9 Å². The molecule has 1 aliphatic heterocycles. The number of allylic oxidation sites excluding steroid dienone is 4. The van der Waals surface area contributed by atoms with Crippen LogP contribution >= 0.6 is 15.9 Å². The van der Waals surface area contributed by atoms with E-state index in [0.29, 0.717) is 12.0 Å². The number of alkyl halides is 6. The van der Waals surface area contributed by atoms with E-state index in [0.717, 1.165) is 33.9 Å². The Kier molecular flexibility index (Phi) is 12.3. The summed E-state index contributed by atoms with van der Waals surface area (Å²) in [4.78, 5) is 19.2. The Labute approximate surface area is 264 Å². The number of carbonyl (C=O) groups is 1. The van der Waals surface area contributed by atoms with Crippen molar-refractivity contribution in [2.45, 2.75) is 57.0 Å². The van der Waals surface area contributed by atoms with Crippen LogP contribution in [0.4, 0.5) is 26.3 Å². The molecule has 8 nitrogen and oxygen atoms in total. The summed E-state index contributed by atoms with van der Waals surface area (Å²) in [6, 6.07) is 8.96. The predicted octanol–water partition coefficient (Wildman–Crippen LogP) is 6.62. The minimum Gasteiger partial charge on any atom is -0.469 e. The van der Waals surface area contributed by atoms with Crippen molar-refractivity contribution in [2.24, 2.45) is 10.9 Å². The van der Waals surface area contributed by atoms with Gasteiger partial charge in [0.1, 0.15) is 13.3 Å². The summed E-state index contributed by atoms with van der Waals surface area (Å²) < 4.78 is 99.7. The average molecular weight is 708 g/mol. The molecular weight excluding hydrogens is 676 g/mol. The van der Waals surface area contributed by atoms with Crippen LogP contribution in [0.5, 0.6) is 0 Å². The van der Waals surface area contributed by atoms with Gasteiger partial charge in [-0.3, -0.25) is 15.0 Å². The summed E-state index contributed by atoms with van der Waals surface area (Å²) in [5.41, 5.74) is 1.06. The molecule has 0 spiro atoms. The van der Waals surface area contributed by atoms with Crippen molar-refractivity contribution in [3.63, 3.8) is 0 Å². The maximum absolute atomic E-state index is 14.2. The molecule has 1 heterocycles. The molecule has 0 radical (unpaired) electrons. The lowest BCUT2D eigenvalue weighted by Gasteiger charge is -2.30. The molecule has 0 saturated heterocycles. The molecule has 1 aromatic carbocycles. The third-order valence-corrected chi connectivity index (χ3v) is 7.09. The van der Waals surface area contributed by atoms with Crippen LogP contribution in [0.25, 0.3) is 0 Å². The Morgan fingerprint density at radius 2 is 1.80 bits per heavy atom. The molecule has 1 saturated carbocycles. The van der Waals surface area contributed by atoms with Gasteiger partial charge in [0, 0.05) is 16.1 Å². The highest BCUT2D eigenvalue weighted by Crippen LogP contribution is 2.28. The maximum Gasteiger partial charge on any atom is 0.422 e. The molecule has 2 unspecified atom stereocenters. The number of rotatable bonds is 14. The summed E-state index contributed by atoms with van der Waals surface area (Å²) in [5.74, 6) is -1.69. The third-order valence-electron chi connectivity index (χ3n) is 6.51. The lowest BCUT2D eigenvalue weighted by atomic mass is 9.92. The van der Waals surface area contributed by atoms with Crippen molar-refractivity contribution in [1.82, 2.24) is 10.2 Å². The van der Waals surface area contributed by atoms with Crippen LogP contribution in [-0.2, 0) is 30.3 Å². The molecule has 2 atom stereocenters. The van der Waals surface area contributed by atoms with Crippen LogP contribution in [0.1, 0.15) is 31.2 Å². The largest absolute Gasteiger partial charge is 0.469 e. The number of ether oxygens (including phenoxy) is 4. The average Bonchev–Trinajstić information content (AvgIpc) is 3.82. The summed E-state index contributed by atoms with van der Waals surface area (Å²) in [6.07, 6.45) is -0.183. The van der Waals surface area contributed by atoms with Crippen molar-refractivity contribution in [3.8, 4) is 0 Å². The number of nitrogens with one attached hydrogen (secondary N) is 1. The fraction of sp³-hybridized carbons (Fsp3) is 0.467. The van der Waals surface area contributed by atoms with Crippen molar-refractivity contribution in [3.05, 3.63) is 82.2 Å². The number of aliphatic imine (C=N–C) groups is 1. The molecule has 45 heavy (non-hydrogen) atoms. The highest BCUT2D eigenvalue weighted by molar-refractivity contribution is 9.11. The van der Waals surface area contributed by atoms with Crippen LogP contribution < -0.4 is 5.32 Å². The molecule has 1 aromatic rings. The molecule has 246 valence electrons. The van der Waals surface area contributed by atoms with E-state index in [-0.39, 0.29) is 31.7 Å². The molecule has 0 aromatic heterocycles. The van der Waals surface area contributed by atoms with Gasteiger partial charge in [-0.25, -0.2) is 4.99 Å². The van der Waals surface area contributed by atoms with Crippen molar-refractivity contribution in [1.29, 1.82) is 0 Å². The highest BCUT2D eigenvalue weighted by atomic mass is 79.9. The SMILES string of the molecule is O=C(/C(=C\COC1CC1)CC1C=CC(Br)=CC1)N(COCc1ccccc1)C1=NC(OCC(F)(F)F)C=C(OCC(F)(F)F)N1. The molecule has 1 fully saturated rings. The number of hydrogen-bond donors (Lipinski definition) is 1. The fourth-order valence-corrected chi connectivity index (χ4v) is 4.53. The Morgan fingerprint density at radius 1 is 1.07 bits per heavy atom. The second-order valence-electron chi connectivity index (χ2n) is 10.4. The van der Waals surface area contributed by atoms with Crippen LogP contribution in [0.2, 0.25) is 0 Å². The highest BCUT2D eigenvalue weighted by Gasteiger charge is 2.34. The Morgan fingerprint density at radius 3 is 2.44 bits per heavy atom. The number of benzene rings is 1. The lowest BCUT2D eigenvalue weighted by Crippen LogP contribution is -2.49. The van der Waals surface area contributed by atoms with Crippen LogP contribution in [0.15, 0.2) is 81.6 Å². The van der Waals surface area contributed by atoms with Gasteiger partial charge in [0.05, 0.1) is 19.3 Å². The number of hydrogen-bond acceptors (Lipinski definition) is 7. The Hall–Kier alpha value is -3.14. The molecule has 0 bridgehead atoms. The molecule has 1 amide bonds. The summed E-state index contributed by atoms with van der Waals surface area (Å²) in [7, 11) is 0. The zero-order valence-electron chi connectivity index (χ0n) is 24.0. The molecule has 4 rings (SSSR count). The van der Waals surface area contributed by atoms with Crippen molar-refractivity contribution >= 4 is 27.8 Å². The number of carbonyl (C=O) groups excluding carboxylic acids is 1. The van der Waals surface area contributed by atoms with E-state index >= 15 is 0 Å². The normalized spacial score (nSPS) is 20.6. The minimum absolute atomic E-state index is 0.0488. The maximum atomic E-state index is 14.2. The van der Waals surface area contributed by atoms with Gasteiger partial charge in [0.25, 0.3) is 5.91 Å². The molecule has 1 N–H and O–H groups in total. The van der Waals surface area contributed by atoms with Gasteiger partial charge in [0.2, 0.25) is 5.96 Å². The van der Waals surface area contributed by atoms with Gasteiger partial charge in [-0.1, -0.05) is 70.6 Å². The number of nitrogens with zero attached hydrogens (tertiary/aromatic N) is 2. The van der Waals surface area contributed by atoms with E-state index in [9.17, 15) is 31.1 Å². The van der Waals surface area contributed by atoms with Gasteiger partial charge in [-0.2, -0.15) is 26.3 Å². The fourth-order valence-electron chi connectivity index (χ4n) is 4.19. The van der Waals surface area contributed by atoms with E-state index in [1.54, 1.807) is 30.3 Å². The first-order chi connectivity index (χ1) is 21.3. The van der Waals surface area contributed by atoms with Crippen molar-refractivity contribution in [2.75, 3.05) is 26.6 Å². The van der Waals surface area contributed by atoms with Crippen LogP contribution in [0.3, 0.4) is 0 Å². The molecular formula is C30H32BrF6N3O5. The van der Waals surface area contributed by atoms with Gasteiger partial charge in [0.15, 0.2) is 18.7 Å². The zero-order chi connectivity index (χ0) is 32.5. The second-order valence-corrected chi connectivity index (χ2v) is 11.4. The quantitative estimate of drug-likeness (QED) is 0.133. The Bertz CT molecular complexity index is 1310. The second kappa shape index (κ2) is 15.9. The third kappa shape index (κ3) is 12.6. The van der Waals surface area contributed by atoms with Gasteiger partial charge in [-0.15, -0.1) is 0 Å². The van der Waals surface area contributed by atoms with E-state index in [1.165, 1.54) is 0 Å². The van der Waals surface area contributed by atoms with Crippen LogP contribution in [-0.4, -0.2) is 68.0 Å². The van der Waals surface area contributed by atoms with Crippen LogP contribution in [0, 0.1) is 5.92 Å². The van der Waals surface area contributed by atoms with E-state index < -0.39 is 56.3 Å². The molecule has 15 heteroatoms. The van der Waals surface area contributed by atoms with Gasteiger partial charge >= 0.3 is 12.4 Å². The first kappa shape index (κ1) is 34.7. The minimum atomic E-state index is -4.75. The summed E-state index contributed by atoms with van der Waals surface area (Å²) >= 11 is 3.41. The first-order valence-corrected chi connectivity index (χ1v) is 14.9. The first-order valence-electron chi connectivity index (χ1n) is 14.1. The monoisotopic (exact) mass is 707 g/mol. The smallest absolute Gasteiger partial charge is 0.422 e. The predicted molar refractivity (Wildman–Crippen MR) is 155 cm³/mol.